The van der Waals surface area contributed by atoms with Crippen molar-refractivity contribution in [2.24, 2.45) is 0 Å². The van der Waals surface area contributed by atoms with Gasteiger partial charge in [0.25, 0.3) is 5.91 Å². The lowest BCUT2D eigenvalue weighted by Crippen LogP contribution is -2.48. The molecule has 0 bridgehead atoms. The van der Waals surface area contributed by atoms with E-state index < -0.39 is 0 Å². The van der Waals surface area contributed by atoms with Crippen LogP contribution in [0.1, 0.15) is 10.4 Å². The van der Waals surface area contributed by atoms with Crippen LogP contribution in [0.3, 0.4) is 0 Å². The van der Waals surface area contributed by atoms with Crippen LogP contribution in [0, 0.1) is 0 Å². The number of nitrogens with one attached hydrogen (secondary N) is 1. The summed E-state index contributed by atoms with van der Waals surface area (Å²) in [6, 6.07) is 18.0. The van der Waals surface area contributed by atoms with Gasteiger partial charge in [0.05, 0.1) is 0 Å². The van der Waals surface area contributed by atoms with Crippen molar-refractivity contribution >= 4 is 33.8 Å². The van der Waals surface area contributed by atoms with Crippen LogP contribution >= 0.6 is 11.3 Å². The number of hydrogen-bond donors (Lipinski definition) is 1. The van der Waals surface area contributed by atoms with Crippen molar-refractivity contribution in [2.45, 2.75) is 0 Å². The van der Waals surface area contributed by atoms with Crippen LogP contribution < -0.4 is 10.2 Å². The van der Waals surface area contributed by atoms with E-state index in [4.69, 9.17) is 0 Å². The Morgan fingerprint density at radius 1 is 1.00 bits per heavy atom. The molecule has 3 aromatic rings. The predicted molar refractivity (Wildman–Crippen MR) is 106 cm³/mol. The number of rotatable bonds is 4. The molecule has 132 valence electrons. The quantitative estimate of drug-likeness (QED) is 0.764. The monoisotopic (exact) mass is 364 g/mol. The minimum atomic E-state index is 0.0838. The molecule has 26 heavy (non-hydrogen) atoms. The molecule has 1 aliphatic heterocycles. The summed E-state index contributed by atoms with van der Waals surface area (Å²) in [6.45, 7) is 3.18. The summed E-state index contributed by atoms with van der Waals surface area (Å²) in [6.07, 6.45) is 1.76. The van der Waals surface area contributed by atoms with Crippen molar-refractivity contribution in [3.63, 3.8) is 0 Å². The topological polar surface area (TPSA) is 48.5 Å². The molecule has 1 aromatic heterocycles. The Morgan fingerprint density at radius 3 is 2.54 bits per heavy atom. The van der Waals surface area contributed by atoms with Gasteiger partial charge in [0.2, 0.25) is 0 Å². The lowest BCUT2D eigenvalue weighted by Gasteiger charge is -2.36. The number of carbonyl (C=O) groups excluding carboxylic acids is 1. The summed E-state index contributed by atoms with van der Waals surface area (Å²) in [5.74, 6) is 0.0838. The first-order valence-electron chi connectivity index (χ1n) is 8.65. The number of nitrogens with zero attached hydrogens (tertiary/aromatic N) is 3. The molecule has 0 spiro atoms. The average Bonchev–Trinajstić information content (AvgIpc) is 3.21. The van der Waals surface area contributed by atoms with Gasteiger partial charge in [-0.3, -0.25) is 4.79 Å². The average molecular weight is 364 g/mol. The van der Waals surface area contributed by atoms with Crippen molar-refractivity contribution in [1.82, 2.24) is 9.88 Å². The van der Waals surface area contributed by atoms with Gasteiger partial charge in [0.15, 0.2) is 5.13 Å². The summed E-state index contributed by atoms with van der Waals surface area (Å²) >= 11 is 1.54. The van der Waals surface area contributed by atoms with Crippen LogP contribution in [0.5, 0.6) is 0 Å². The second-order valence-corrected chi connectivity index (χ2v) is 7.05. The highest BCUT2D eigenvalue weighted by Crippen LogP contribution is 2.21. The molecule has 2 heterocycles. The molecule has 0 saturated carbocycles. The zero-order chi connectivity index (χ0) is 17.8. The van der Waals surface area contributed by atoms with Crippen molar-refractivity contribution in [3.8, 4) is 0 Å². The van der Waals surface area contributed by atoms with Crippen LogP contribution in [0.2, 0.25) is 0 Å². The van der Waals surface area contributed by atoms with Crippen LogP contribution in [-0.4, -0.2) is 42.0 Å². The van der Waals surface area contributed by atoms with Gasteiger partial charge in [-0.1, -0.05) is 24.3 Å². The third-order valence-corrected chi connectivity index (χ3v) is 5.17. The van der Waals surface area contributed by atoms with E-state index in [-0.39, 0.29) is 5.91 Å². The van der Waals surface area contributed by atoms with Crippen LogP contribution in [0.25, 0.3) is 0 Å². The lowest BCUT2D eigenvalue weighted by molar-refractivity contribution is 0.0747. The molecular weight excluding hydrogens is 344 g/mol. The molecule has 0 aliphatic carbocycles. The number of benzene rings is 2. The number of anilines is 3. The number of para-hydroxylation sites is 1. The van der Waals surface area contributed by atoms with E-state index in [0.29, 0.717) is 5.56 Å². The van der Waals surface area contributed by atoms with Crippen LogP contribution in [0.15, 0.2) is 66.2 Å². The summed E-state index contributed by atoms with van der Waals surface area (Å²) < 4.78 is 0. The Labute approximate surface area is 156 Å². The molecule has 5 nitrogen and oxygen atoms in total. The van der Waals surface area contributed by atoms with E-state index >= 15 is 0 Å². The van der Waals surface area contributed by atoms with Gasteiger partial charge in [-0.05, 0) is 30.3 Å². The van der Waals surface area contributed by atoms with Gasteiger partial charge in [-0.15, -0.1) is 11.3 Å². The maximum absolute atomic E-state index is 12.9. The molecule has 6 heteroatoms. The summed E-state index contributed by atoms with van der Waals surface area (Å²) in [7, 11) is 0. The number of aromatic nitrogens is 1. The number of carbonyl (C=O) groups is 1. The standard InChI is InChI=1S/C20H20N4OS/c25-19(16-5-4-6-17(15-16)22-20-21-9-14-26-20)24-12-10-23(11-13-24)18-7-2-1-3-8-18/h1-9,14-15H,10-13H2,(H,21,22). The second-order valence-electron chi connectivity index (χ2n) is 6.16. The minimum absolute atomic E-state index is 0.0838. The van der Waals surface area contributed by atoms with Crippen molar-refractivity contribution < 1.29 is 4.79 Å². The highest BCUT2D eigenvalue weighted by molar-refractivity contribution is 7.13. The van der Waals surface area contributed by atoms with Gasteiger partial charge in [0.1, 0.15) is 0 Å². The zero-order valence-corrected chi connectivity index (χ0v) is 15.2. The Morgan fingerprint density at radius 2 is 1.81 bits per heavy atom. The first-order chi connectivity index (χ1) is 12.8. The van der Waals surface area contributed by atoms with Crippen molar-refractivity contribution in [3.05, 3.63) is 71.7 Å². The normalized spacial score (nSPS) is 14.3. The van der Waals surface area contributed by atoms with Gasteiger partial charge >= 0.3 is 0 Å². The summed E-state index contributed by atoms with van der Waals surface area (Å²) in [4.78, 5) is 21.3. The summed E-state index contributed by atoms with van der Waals surface area (Å²) in [5, 5.41) is 5.98. The van der Waals surface area contributed by atoms with Gasteiger partial charge in [-0.25, -0.2) is 4.98 Å². The Bertz CT molecular complexity index is 859. The fourth-order valence-electron chi connectivity index (χ4n) is 3.13. The molecule has 2 aromatic carbocycles. The predicted octanol–water partition coefficient (Wildman–Crippen LogP) is 3.85. The first-order valence-corrected chi connectivity index (χ1v) is 9.53. The van der Waals surface area contributed by atoms with E-state index in [0.717, 1.165) is 37.0 Å². The van der Waals surface area contributed by atoms with Gasteiger partial charge in [0, 0.05) is 54.7 Å². The van der Waals surface area contributed by atoms with Crippen LogP contribution in [-0.2, 0) is 0 Å². The smallest absolute Gasteiger partial charge is 0.254 e. The maximum atomic E-state index is 12.9. The van der Waals surface area contributed by atoms with Crippen LogP contribution in [0.4, 0.5) is 16.5 Å². The Kier molecular flexibility index (Phi) is 4.84. The van der Waals surface area contributed by atoms with E-state index in [2.05, 4.69) is 27.3 Å². The summed E-state index contributed by atoms with van der Waals surface area (Å²) in [5.41, 5.74) is 2.81. The fourth-order valence-corrected chi connectivity index (χ4v) is 3.68. The van der Waals surface area contributed by atoms with E-state index in [1.165, 1.54) is 17.0 Å². The van der Waals surface area contributed by atoms with E-state index in [1.54, 1.807) is 6.20 Å². The van der Waals surface area contributed by atoms with Gasteiger partial charge < -0.3 is 15.1 Å². The second kappa shape index (κ2) is 7.58. The Balaban J connectivity index is 1.40. The van der Waals surface area contributed by atoms with E-state index in [1.807, 2.05) is 52.7 Å². The van der Waals surface area contributed by atoms with Crippen molar-refractivity contribution in [1.29, 1.82) is 0 Å². The molecule has 4 rings (SSSR count). The molecule has 0 atom stereocenters. The fraction of sp³-hybridized carbons (Fsp3) is 0.200. The van der Waals surface area contributed by atoms with Gasteiger partial charge in [-0.2, -0.15) is 0 Å². The van der Waals surface area contributed by atoms with E-state index in [9.17, 15) is 4.79 Å². The number of thiazole rings is 1. The largest absolute Gasteiger partial charge is 0.368 e. The number of hydrogen-bond acceptors (Lipinski definition) is 5. The zero-order valence-electron chi connectivity index (χ0n) is 14.3. The third-order valence-electron chi connectivity index (χ3n) is 4.48. The lowest BCUT2D eigenvalue weighted by atomic mass is 10.1. The number of piperazine rings is 1. The molecule has 0 radical (unpaired) electrons. The molecule has 1 saturated heterocycles. The molecule has 1 amide bonds. The number of amides is 1. The maximum Gasteiger partial charge on any atom is 0.254 e. The molecule has 1 fully saturated rings. The van der Waals surface area contributed by atoms with Crippen molar-refractivity contribution in [2.75, 3.05) is 36.4 Å². The Hall–Kier alpha value is -2.86. The third kappa shape index (κ3) is 3.70. The molecule has 1 aliphatic rings. The SMILES string of the molecule is O=C(c1cccc(Nc2nccs2)c1)N1CCN(c2ccccc2)CC1. The first kappa shape index (κ1) is 16.6. The highest BCUT2D eigenvalue weighted by atomic mass is 32.1. The molecule has 0 unspecified atom stereocenters. The highest BCUT2D eigenvalue weighted by Gasteiger charge is 2.22. The molecular formula is C20H20N4OS. The molecule has 1 N–H and O–H groups in total. The minimum Gasteiger partial charge on any atom is -0.368 e.